The maximum Gasteiger partial charge on any atom is 0.131 e. The molecular formula is C13H24NO+. The topological polar surface area (TPSA) is 47.9 Å². The fourth-order valence-electron chi connectivity index (χ4n) is 1.40. The number of rotatable bonds is 4. The van der Waals surface area contributed by atoms with Crippen molar-refractivity contribution in [2.45, 2.75) is 47.1 Å². The van der Waals surface area contributed by atoms with Crippen LogP contribution in [-0.4, -0.2) is 11.1 Å². The molecule has 15 heavy (non-hydrogen) atoms. The van der Waals surface area contributed by atoms with E-state index in [1.807, 2.05) is 13.0 Å². The lowest BCUT2D eigenvalue weighted by Crippen LogP contribution is -2.62. The fourth-order valence-corrected chi connectivity index (χ4v) is 1.40. The van der Waals surface area contributed by atoms with E-state index in [1.54, 1.807) is 6.92 Å². The predicted octanol–water partition coefficient (Wildman–Crippen LogP) is 2.75. The standard InChI is InChI=1S/C13H23NO/c1-6-9(3)12(8-11(5)15)13(14)10(4)7-2/h7-8,13,15H,6,14H2,1-5H3/p+1. The summed E-state index contributed by atoms with van der Waals surface area (Å²) in [6.07, 6.45) is 4.88. The molecule has 0 fully saturated rings. The molecule has 0 aromatic rings. The molecule has 4 N–H and O–H groups in total. The van der Waals surface area contributed by atoms with E-state index in [0.717, 1.165) is 12.0 Å². The first-order chi connectivity index (χ1) is 6.93. The summed E-state index contributed by atoms with van der Waals surface area (Å²) in [6, 6.07) is 0.136. The van der Waals surface area contributed by atoms with Crippen molar-refractivity contribution in [1.29, 1.82) is 0 Å². The molecular weight excluding hydrogens is 186 g/mol. The van der Waals surface area contributed by atoms with Gasteiger partial charge in [-0.3, -0.25) is 0 Å². The minimum atomic E-state index is 0.136. The SMILES string of the molecule is CC=C(C)C([NH3+])C(C=C(C)O)=C(C)CC. The third-order valence-corrected chi connectivity index (χ3v) is 2.77. The summed E-state index contributed by atoms with van der Waals surface area (Å²) in [7, 11) is 0. The van der Waals surface area contributed by atoms with Crippen LogP contribution < -0.4 is 5.73 Å². The van der Waals surface area contributed by atoms with Gasteiger partial charge in [-0.25, -0.2) is 0 Å². The average Bonchev–Trinajstić information content (AvgIpc) is 2.22. The van der Waals surface area contributed by atoms with Gasteiger partial charge in [0.05, 0.1) is 5.76 Å². The summed E-state index contributed by atoms with van der Waals surface area (Å²) in [5.41, 5.74) is 7.80. The summed E-state index contributed by atoms with van der Waals surface area (Å²) in [5.74, 6) is 0.343. The number of aliphatic hydroxyl groups excluding tert-OH is 1. The van der Waals surface area contributed by atoms with Crippen LogP contribution in [0.3, 0.4) is 0 Å². The average molecular weight is 210 g/mol. The van der Waals surface area contributed by atoms with E-state index in [9.17, 15) is 5.11 Å². The van der Waals surface area contributed by atoms with E-state index in [1.165, 1.54) is 11.1 Å². The van der Waals surface area contributed by atoms with E-state index in [0.29, 0.717) is 5.76 Å². The summed E-state index contributed by atoms with van der Waals surface area (Å²) < 4.78 is 0. The Morgan fingerprint density at radius 1 is 1.33 bits per heavy atom. The van der Waals surface area contributed by atoms with Crippen LogP contribution >= 0.6 is 0 Å². The quantitative estimate of drug-likeness (QED) is 0.418. The van der Waals surface area contributed by atoms with Gasteiger partial charge in [0.15, 0.2) is 0 Å². The van der Waals surface area contributed by atoms with E-state index < -0.39 is 0 Å². The molecule has 0 heterocycles. The molecule has 0 aliphatic rings. The molecule has 0 aromatic carbocycles. The first-order valence-corrected chi connectivity index (χ1v) is 5.46. The van der Waals surface area contributed by atoms with Crippen LogP contribution in [0, 0.1) is 0 Å². The van der Waals surface area contributed by atoms with Crippen molar-refractivity contribution >= 4 is 0 Å². The molecule has 1 atom stereocenters. The second-order valence-corrected chi connectivity index (χ2v) is 3.96. The molecule has 0 bridgehead atoms. The predicted molar refractivity (Wildman–Crippen MR) is 65.5 cm³/mol. The fraction of sp³-hybridized carbons (Fsp3) is 0.538. The molecule has 0 amide bonds. The van der Waals surface area contributed by atoms with Gasteiger partial charge in [-0.15, -0.1) is 0 Å². The van der Waals surface area contributed by atoms with Crippen LogP contribution in [0.25, 0.3) is 0 Å². The molecule has 0 radical (unpaired) electrons. The number of allylic oxidation sites excluding steroid dienone is 3. The molecule has 0 rings (SSSR count). The van der Waals surface area contributed by atoms with Gasteiger partial charge >= 0.3 is 0 Å². The lowest BCUT2D eigenvalue weighted by molar-refractivity contribution is -0.393. The lowest BCUT2D eigenvalue weighted by atomic mass is 9.94. The van der Waals surface area contributed by atoms with Crippen LogP contribution in [0.4, 0.5) is 0 Å². The van der Waals surface area contributed by atoms with Crippen LogP contribution in [0.2, 0.25) is 0 Å². The third kappa shape index (κ3) is 4.34. The molecule has 0 aliphatic heterocycles. The Kier molecular flexibility index (Phi) is 6.02. The first-order valence-electron chi connectivity index (χ1n) is 5.46. The van der Waals surface area contributed by atoms with Crippen LogP contribution in [0.15, 0.2) is 34.6 Å². The Morgan fingerprint density at radius 3 is 2.20 bits per heavy atom. The molecule has 2 nitrogen and oxygen atoms in total. The zero-order valence-corrected chi connectivity index (χ0v) is 10.6. The number of aliphatic hydroxyl groups is 1. The van der Waals surface area contributed by atoms with Crippen LogP contribution in [0.5, 0.6) is 0 Å². The van der Waals surface area contributed by atoms with Crippen LogP contribution in [0.1, 0.15) is 41.0 Å². The molecule has 86 valence electrons. The normalized spacial score (nSPS) is 17.5. The Bertz CT molecular complexity index is 294. The van der Waals surface area contributed by atoms with Gasteiger partial charge < -0.3 is 10.8 Å². The Balaban J connectivity index is 5.23. The van der Waals surface area contributed by atoms with Crippen LogP contribution in [-0.2, 0) is 0 Å². The largest absolute Gasteiger partial charge is 0.513 e. The molecule has 0 aliphatic carbocycles. The Morgan fingerprint density at radius 2 is 1.87 bits per heavy atom. The van der Waals surface area contributed by atoms with Crippen molar-refractivity contribution in [2.24, 2.45) is 0 Å². The minimum Gasteiger partial charge on any atom is -0.513 e. The van der Waals surface area contributed by atoms with Crippen molar-refractivity contribution in [3.8, 4) is 0 Å². The minimum absolute atomic E-state index is 0.136. The zero-order valence-electron chi connectivity index (χ0n) is 10.6. The summed E-state index contributed by atoms with van der Waals surface area (Å²) in [6.45, 7) is 9.99. The summed E-state index contributed by atoms with van der Waals surface area (Å²) in [4.78, 5) is 0. The number of hydrogen-bond donors (Lipinski definition) is 2. The van der Waals surface area contributed by atoms with E-state index >= 15 is 0 Å². The Labute approximate surface area is 93.2 Å². The van der Waals surface area contributed by atoms with E-state index in [-0.39, 0.29) is 6.04 Å². The highest BCUT2D eigenvalue weighted by Crippen LogP contribution is 2.17. The van der Waals surface area contributed by atoms with Gasteiger partial charge in [0.2, 0.25) is 0 Å². The van der Waals surface area contributed by atoms with Crippen molar-refractivity contribution < 1.29 is 10.8 Å². The monoisotopic (exact) mass is 210 g/mol. The highest BCUT2D eigenvalue weighted by atomic mass is 16.3. The lowest BCUT2D eigenvalue weighted by Gasteiger charge is -2.14. The van der Waals surface area contributed by atoms with Gasteiger partial charge in [0.1, 0.15) is 6.04 Å². The highest BCUT2D eigenvalue weighted by molar-refractivity contribution is 5.34. The molecule has 0 saturated carbocycles. The van der Waals surface area contributed by atoms with Crippen molar-refractivity contribution in [1.82, 2.24) is 0 Å². The second-order valence-electron chi connectivity index (χ2n) is 3.96. The molecule has 2 heteroatoms. The van der Waals surface area contributed by atoms with E-state index in [2.05, 4.69) is 32.6 Å². The van der Waals surface area contributed by atoms with Gasteiger partial charge in [0, 0.05) is 5.57 Å². The number of hydrogen-bond acceptors (Lipinski definition) is 1. The molecule has 0 saturated heterocycles. The second kappa shape index (κ2) is 6.46. The van der Waals surface area contributed by atoms with E-state index in [4.69, 9.17) is 0 Å². The maximum absolute atomic E-state index is 9.35. The Hall–Kier alpha value is -1.02. The summed E-state index contributed by atoms with van der Waals surface area (Å²) >= 11 is 0. The maximum atomic E-state index is 9.35. The van der Waals surface area contributed by atoms with Gasteiger partial charge in [-0.1, -0.05) is 18.6 Å². The van der Waals surface area contributed by atoms with Gasteiger partial charge in [0.25, 0.3) is 0 Å². The van der Waals surface area contributed by atoms with Gasteiger partial charge in [-0.2, -0.15) is 0 Å². The van der Waals surface area contributed by atoms with Crippen molar-refractivity contribution in [3.63, 3.8) is 0 Å². The third-order valence-electron chi connectivity index (χ3n) is 2.77. The van der Waals surface area contributed by atoms with Crippen molar-refractivity contribution in [3.05, 3.63) is 34.6 Å². The zero-order chi connectivity index (χ0) is 12.0. The van der Waals surface area contributed by atoms with Crippen molar-refractivity contribution in [2.75, 3.05) is 0 Å². The molecule has 1 unspecified atom stereocenters. The molecule has 0 spiro atoms. The highest BCUT2D eigenvalue weighted by Gasteiger charge is 2.15. The number of quaternary nitrogens is 1. The molecule has 0 aromatic heterocycles. The summed E-state index contributed by atoms with van der Waals surface area (Å²) in [5, 5.41) is 9.35. The smallest absolute Gasteiger partial charge is 0.131 e. The van der Waals surface area contributed by atoms with Gasteiger partial charge in [-0.05, 0) is 45.8 Å². The first kappa shape index (κ1) is 14.0.